The van der Waals surface area contributed by atoms with Crippen LogP contribution in [-0.4, -0.2) is 11.4 Å². The van der Waals surface area contributed by atoms with Crippen molar-refractivity contribution in [3.05, 3.63) is 29.8 Å². The van der Waals surface area contributed by atoms with Gasteiger partial charge in [0, 0.05) is 17.6 Å². The van der Waals surface area contributed by atoms with Crippen LogP contribution in [0.5, 0.6) is 0 Å². The number of amides is 1. The zero-order valence-corrected chi connectivity index (χ0v) is 9.45. The van der Waals surface area contributed by atoms with Crippen LogP contribution in [0.15, 0.2) is 24.3 Å². The lowest BCUT2D eigenvalue weighted by molar-refractivity contribution is -0.118. The van der Waals surface area contributed by atoms with E-state index in [2.05, 4.69) is 5.32 Å². The van der Waals surface area contributed by atoms with Crippen LogP contribution < -0.4 is 11.1 Å². The maximum atomic E-state index is 10.8. The SMILES string of the molecule is CC(C)(CC(N)=O)Nc1ccc(C#N)cc1. The maximum Gasteiger partial charge on any atom is 0.219 e. The molecular formula is C12H15N3O. The molecular weight excluding hydrogens is 202 g/mol. The third-order valence-corrected chi connectivity index (χ3v) is 2.11. The van der Waals surface area contributed by atoms with Crippen molar-refractivity contribution in [2.24, 2.45) is 5.73 Å². The van der Waals surface area contributed by atoms with Gasteiger partial charge in [-0.2, -0.15) is 5.26 Å². The summed E-state index contributed by atoms with van der Waals surface area (Å²) in [4.78, 5) is 10.8. The molecule has 1 rings (SSSR count). The van der Waals surface area contributed by atoms with E-state index in [4.69, 9.17) is 11.0 Å². The minimum absolute atomic E-state index is 0.257. The second kappa shape index (κ2) is 4.67. The summed E-state index contributed by atoms with van der Waals surface area (Å²) in [6.07, 6.45) is 0.257. The Kier molecular flexibility index (Phi) is 3.51. The number of nitrogens with one attached hydrogen (secondary N) is 1. The van der Waals surface area contributed by atoms with E-state index in [9.17, 15) is 4.79 Å². The first-order valence-corrected chi connectivity index (χ1v) is 4.99. The Morgan fingerprint density at radius 3 is 2.44 bits per heavy atom. The van der Waals surface area contributed by atoms with Gasteiger partial charge in [0.15, 0.2) is 0 Å². The second-order valence-electron chi connectivity index (χ2n) is 4.34. The van der Waals surface area contributed by atoms with E-state index in [1.54, 1.807) is 24.3 Å². The number of primary amides is 1. The number of carbonyl (C=O) groups excluding carboxylic acids is 1. The average Bonchev–Trinajstić information content (AvgIpc) is 2.16. The Balaban J connectivity index is 2.72. The van der Waals surface area contributed by atoms with Gasteiger partial charge in [-0.25, -0.2) is 0 Å². The number of nitrogens with two attached hydrogens (primary N) is 1. The smallest absolute Gasteiger partial charge is 0.219 e. The van der Waals surface area contributed by atoms with Crippen molar-refractivity contribution in [1.82, 2.24) is 0 Å². The zero-order chi connectivity index (χ0) is 12.2. The Hall–Kier alpha value is -2.02. The Morgan fingerprint density at radius 2 is 2.00 bits per heavy atom. The molecule has 0 spiro atoms. The number of rotatable bonds is 4. The van der Waals surface area contributed by atoms with E-state index in [0.29, 0.717) is 5.56 Å². The van der Waals surface area contributed by atoms with Crippen LogP contribution in [0.4, 0.5) is 5.69 Å². The normalized spacial score (nSPS) is 10.6. The lowest BCUT2D eigenvalue weighted by atomic mass is 9.99. The minimum atomic E-state index is -0.389. The summed E-state index contributed by atoms with van der Waals surface area (Å²) in [6.45, 7) is 3.80. The van der Waals surface area contributed by atoms with Crippen LogP contribution in [0, 0.1) is 11.3 Å². The van der Waals surface area contributed by atoms with Crippen molar-refractivity contribution in [3.63, 3.8) is 0 Å². The highest BCUT2D eigenvalue weighted by molar-refractivity contribution is 5.75. The monoisotopic (exact) mass is 217 g/mol. The summed E-state index contributed by atoms with van der Waals surface area (Å²) >= 11 is 0. The molecule has 0 radical (unpaired) electrons. The molecule has 1 amide bonds. The second-order valence-corrected chi connectivity index (χ2v) is 4.34. The van der Waals surface area contributed by atoms with Gasteiger partial charge in [-0.05, 0) is 38.1 Å². The molecule has 3 N–H and O–H groups in total. The highest BCUT2D eigenvalue weighted by Crippen LogP contribution is 2.18. The molecule has 0 aromatic heterocycles. The van der Waals surface area contributed by atoms with Crippen LogP contribution >= 0.6 is 0 Å². The lowest BCUT2D eigenvalue weighted by Gasteiger charge is -2.26. The van der Waals surface area contributed by atoms with Crippen LogP contribution in [-0.2, 0) is 4.79 Å². The van der Waals surface area contributed by atoms with Gasteiger partial charge in [-0.3, -0.25) is 4.79 Å². The Bertz CT molecular complexity index is 415. The van der Waals surface area contributed by atoms with Gasteiger partial charge in [0.25, 0.3) is 0 Å². The molecule has 0 bridgehead atoms. The fraction of sp³-hybridized carbons (Fsp3) is 0.333. The third kappa shape index (κ3) is 3.62. The number of nitriles is 1. The summed E-state index contributed by atoms with van der Waals surface area (Å²) in [5, 5.41) is 11.8. The van der Waals surface area contributed by atoms with Crippen molar-refractivity contribution in [1.29, 1.82) is 5.26 Å². The number of nitrogens with zero attached hydrogens (tertiary/aromatic N) is 1. The van der Waals surface area contributed by atoms with Crippen molar-refractivity contribution < 1.29 is 4.79 Å². The molecule has 1 aromatic carbocycles. The fourth-order valence-corrected chi connectivity index (χ4v) is 1.50. The van der Waals surface area contributed by atoms with Gasteiger partial charge < -0.3 is 11.1 Å². The van der Waals surface area contributed by atoms with Gasteiger partial charge in [0.1, 0.15) is 0 Å². The first kappa shape index (κ1) is 12.1. The zero-order valence-electron chi connectivity index (χ0n) is 9.45. The Morgan fingerprint density at radius 1 is 1.44 bits per heavy atom. The van der Waals surface area contributed by atoms with Crippen molar-refractivity contribution in [2.45, 2.75) is 25.8 Å². The van der Waals surface area contributed by atoms with Crippen molar-refractivity contribution >= 4 is 11.6 Å². The molecule has 4 heteroatoms. The first-order chi connectivity index (χ1) is 7.43. The van der Waals surface area contributed by atoms with E-state index in [0.717, 1.165) is 5.69 Å². The topological polar surface area (TPSA) is 78.9 Å². The molecule has 84 valence electrons. The molecule has 0 aliphatic carbocycles. The predicted octanol–water partition coefficient (Wildman–Crippen LogP) is 1.62. The molecule has 0 atom stereocenters. The maximum absolute atomic E-state index is 10.8. The van der Waals surface area contributed by atoms with Gasteiger partial charge in [-0.15, -0.1) is 0 Å². The number of anilines is 1. The van der Waals surface area contributed by atoms with Gasteiger partial charge in [0.2, 0.25) is 5.91 Å². The number of carbonyl (C=O) groups is 1. The van der Waals surface area contributed by atoms with E-state index in [1.807, 2.05) is 19.9 Å². The molecule has 4 nitrogen and oxygen atoms in total. The van der Waals surface area contributed by atoms with Crippen LogP contribution in [0.3, 0.4) is 0 Å². The van der Waals surface area contributed by atoms with E-state index < -0.39 is 0 Å². The molecule has 0 saturated heterocycles. The van der Waals surface area contributed by atoms with E-state index in [1.165, 1.54) is 0 Å². The summed E-state index contributed by atoms with van der Waals surface area (Å²) < 4.78 is 0. The third-order valence-electron chi connectivity index (χ3n) is 2.11. The molecule has 0 aliphatic heterocycles. The summed E-state index contributed by atoms with van der Waals surface area (Å²) in [5.41, 5.74) is 6.24. The summed E-state index contributed by atoms with van der Waals surface area (Å²) in [5.74, 6) is -0.342. The molecule has 0 heterocycles. The van der Waals surface area contributed by atoms with Gasteiger partial charge >= 0.3 is 0 Å². The van der Waals surface area contributed by atoms with Crippen LogP contribution in [0.2, 0.25) is 0 Å². The number of hydrogen-bond acceptors (Lipinski definition) is 3. The average molecular weight is 217 g/mol. The highest BCUT2D eigenvalue weighted by atomic mass is 16.1. The fourth-order valence-electron chi connectivity index (χ4n) is 1.50. The molecule has 0 saturated carbocycles. The van der Waals surface area contributed by atoms with E-state index in [-0.39, 0.29) is 17.9 Å². The first-order valence-electron chi connectivity index (χ1n) is 4.99. The van der Waals surface area contributed by atoms with Crippen molar-refractivity contribution in [3.8, 4) is 6.07 Å². The van der Waals surface area contributed by atoms with Crippen molar-refractivity contribution in [2.75, 3.05) is 5.32 Å². The minimum Gasteiger partial charge on any atom is -0.380 e. The van der Waals surface area contributed by atoms with Crippen LogP contribution in [0.25, 0.3) is 0 Å². The van der Waals surface area contributed by atoms with E-state index >= 15 is 0 Å². The summed E-state index contributed by atoms with van der Waals surface area (Å²) in [6, 6.07) is 9.11. The quantitative estimate of drug-likeness (QED) is 0.804. The molecule has 0 aliphatic rings. The molecule has 16 heavy (non-hydrogen) atoms. The lowest BCUT2D eigenvalue weighted by Crippen LogP contribution is -2.35. The van der Waals surface area contributed by atoms with Gasteiger partial charge in [-0.1, -0.05) is 0 Å². The highest BCUT2D eigenvalue weighted by Gasteiger charge is 2.19. The Labute approximate surface area is 95.1 Å². The molecule has 0 unspecified atom stereocenters. The number of hydrogen-bond donors (Lipinski definition) is 2. The predicted molar refractivity (Wildman–Crippen MR) is 62.7 cm³/mol. The number of benzene rings is 1. The molecule has 0 fully saturated rings. The molecule has 1 aromatic rings. The largest absolute Gasteiger partial charge is 0.380 e. The summed E-state index contributed by atoms with van der Waals surface area (Å²) in [7, 11) is 0. The van der Waals surface area contributed by atoms with Crippen LogP contribution in [0.1, 0.15) is 25.8 Å². The van der Waals surface area contributed by atoms with Gasteiger partial charge in [0.05, 0.1) is 11.6 Å². The standard InChI is InChI=1S/C12H15N3O/c1-12(2,7-11(14)16)15-10-5-3-9(8-13)4-6-10/h3-6,15H,7H2,1-2H3,(H2,14,16).